The van der Waals surface area contributed by atoms with Crippen LogP contribution in [0.25, 0.3) is 0 Å². The van der Waals surface area contributed by atoms with Crippen molar-refractivity contribution in [3.05, 3.63) is 65.2 Å². The van der Waals surface area contributed by atoms with E-state index in [9.17, 15) is 9.59 Å². The zero-order chi connectivity index (χ0) is 17.7. The highest BCUT2D eigenvalue weighted by molar-refractivity contribution is 6.30. The summed E-state index contributed by atoms with van der Waals surface area (Å²) in [4.78, 5) is 25.0. The van der Waals surface area contributed by atoms with Crippen LogP contribution in [0.1, 0.15) is 31.1 Å². The summed E-state index contributed by atoms with van der Waals surface area (Å²) in [5, 5.41) is 4.52. The van der Waals surface area contributed by atoms with Crippen molar-refractivity contribution in [2.24, 2.45) is 0 Å². The Bertz CT molecular complexity index is 727. The highest BCUT2D eigenvalue weighted by Crippen LogP contribution is 2.18. The zero-order valence-electron chi connectivity index (χ0n) is 13.8. The van der Waals surface area contributed by atoms with Crippen LogP contribution in [0.4, 0.5) is 10.5 Å². The zero-order valence-corrected chi connectivity index (χ0v) is 14.6. The van der Waals surface area contributed by atoms with E-state index in [1.54, 1.807) is 48.5 Å². The van der Waals surface area contributed by atoms with Crippen LogP contribution >= 0.6 is 11.6 Å². The lowest BCUT2D eigenvalue weighted by molar-refractivity contribution is 0.0687. The number of urea groups is 1. The van der Waals surface area contributed by atoms with Gasteiger partial charge in [-0.25, -0.2) is 9.80 Å². The first-order valence-electron chi connectivity index (χ1n) is 7.50. The van der Waals surface area contributed by atoms with E-state index >= 15 is 0 Å². The third-order valence-corrected chi connectivity index (χ3v) is 3.43. The van der Waals surface area contributed by atoms with E-state index in [4.69, 9.17) is 11.6 Å². The second kappa shape index (κ2) is 7.36. The lowest BCUT2D eigenvalue weighted by Crippen LogP contribution is -2.57. The monoisotopic (exact) mass is 345 g/mol. The maximum atomic E-state index is 12.6. The number of hydrogen-bond acceptors (Lipinski definition) is 2. The summed E-state index contributed by atoms with van der Waals surface area (Å²) >= 11 is 5.93. The van der Waals surface area contributed by atoms with Gasteiger partial charge in [-0.15, -0.1) is 0 Å². The van der Waals surface area contributed by atoms with Gasteiger partial charge in [0.05, 0.1) is 5.54 Å². The quantitative estimate of drug-likeness (QED) is 0.796. The summed E-state index contributed by atoms with van der Waals surface area (Å²) in [6.07, 6.45) is 0. The predicted molar refractivity (Wildman–Crippen MR) is 96.0 cm³/mol. The topological polar surface area (TPSA) is 61.4 Å². The maximum Gasteiger partial charge on any atom is 0.341 e. The fourth-order valence-corrected chi connectivity index (χ4v) is 2.21. The molecule has 0 radical (unpaired) electrons. The van der Waals surface area contributed by atoms with E-state index in [1.165, 1.54) is 5.01 Å². The molecule has 24 heavy (non-hydrogen) atoms. The van der Waals surface area contributed by atoms with Gasteiger partial charge in [0.1, 0.15) is 0 Å². The van der Waals surface area contributed by atoms with Crippen LogP contribution in [0.5, 0.6) is 0 Å². The number of halogens is 1. The molecule has 0 aromatic heterocycles. The number of hydrogen-bond donors (Lipinski definition) is 2. The van der Waals surface area contributed by atoms with Crippen LogP contribution in [0.15, 0.2) is 54.6 Å². The number of rotatable bonds is 2. The molecule has 0 heterocycles. The average molecular weight is 346 g/mol. The maximum absolute atomic E-state index is 12.6. The molecule has 5 nitrogen and oxygen atoms in total. The van der Waals surface area contributed by atoms with Crippen molar-refractivity contribution in [1.29, 1.82) is 0 Å². The average Bonchev–Trinajstić information content (AvgIpc) is 2.52. The Kier molecular flexibility index (Phi) is 5.46. The molecule has 2 aromatic rings. The molecule has 3 amide bonds. The van der Waals surface area contributed by atoms with Crippen molar-refractivity contribution >= 4 is 29.2 Å². The van der Waals surface area contributed by atoms with Crippen LogP contribution in [0.3, 0.4) is 0 Å². The molecule has 0 aliphatic carbocycles. The number of nitrogens with one attached hydrogen (secondary N) is 2. The number of carbonyl (C=O) groups is 2. The van der Waals surface area contributed by atoms with Gasteiger partial charge in [-0.2, -0.15) is 0 Å². The Morgan fingerprint density at radius 3 is 2.25 bits per heavy atom. The minimum atomic E-state index is -0.618. The van der Waals surface area contributed by atoms with Crippen molar-refractivity contribution in [3.8, 4) is 0 Å². The molecule has 0 bridgehead atoms. The largest absolute Gasteiger partial charge is 0.341 e. The fraction of sp³-hybridized carbons (Fsp3) is 0.222. The Labute approximate surface area is 146 Å². The van der Waals surface area contributed by atoms with E-state index < -0.39 is 11.6 Å². The highest BCUT2D eigenvalue weighted by Gasteiger charge is 2.28. The van der Waals surface area contributed by atoms with Crippen LogP contribution < -0.4 is 10.7 Å². The van der Waals surface area contributed by atoms with Gasteiger partial charge in [0.2, 0.25) is 0 Å². The van der Waals surface area contributed by atoms with E-state index in [2.05, 4.69) is 10.7 Å². The fourth-order valence-electron chi connectivity index (χ4n) is 2.02. The molecule has 0 unspecified atom stereocenters. The predicted octanol–water partition coefficient (Wildman–Crippen LogP) is 4.32. The number of carbonyl (C=O) groups excluding carboxylic acids is 2. The summed E-state index contributed by atoms with van der Waals surface area (Å²) in [6.45, 7) is 5.49. The van der Waals surface area contributed by atoms with Crippen molar-refractivity contribution in [2.45, 2.75) is 26.3 Å². The Hall–Kier alpha value is -2.53. The molecule has 0 saturated carbocycles. The molecule has 0 spiro atoms. The normalized spacial score (nSPS) is 10.8. The third-order valence-electron chi connectivity index (χ3n) is 3.20. The molecule has 0 aliphatic rings. The number of amides is 3. The van der Waals surface area contributed by atoms with Crippen LogP contribution in [0, 0.1) is 0 Å². The van der Waals surface area contributed by atoms with Crippen molar-refractivity contribution in [3.63, 3.8) is 0 Å². The second-order valence-corrected chi connectivity index (χ2v) is 6.69. The molecule has 2 N–H and O–H groups in total. The molecule has 0 fully saturated rings. The lowest BCUT2D eigenvalue weighted by atomic mass is 10.1. The minimum Gasteiger partial charge on any atom is -0.306 e. The van der Waals surface area contributed by atoms with Crippen molar-refractivity contribution in [1.82, 2.24) is 10.4 Å². The summed E-state index contributed by atoms with van der Waals surface area (Å²) in [6, 6.07) is 15.1. The Morgan fingerprint density at radius 1 is 1.00 bits per heavy atom. The molecule has 2 aromatic carbocycles. The van der Waals surface area contributed by atoms with Gasteiger partial charge < -0.3 is 5.32 Å². The standard InChI is InChI=1S/C18H20ClN3O2/c1-18(2,3)22(21-16(23)13-8-5-4-6-9-13)17(24)20-15-11-7-10-14(19)12-15/h4-12H,1-3H3,(H,20,24)(H,21,23). The van der Waals surface area contributed by atoms with Gasteiger partial charge in [0, 0.05) is 16.3 Å². The van der Waals surface area contributed by atoms with E-state index in [0.29, 0.717) is 16.3 Å². The van der Waals surface area contributed by atoms with Gasteiger partial charge in [-0.3, -0.25) is 10.2 Å². The van der Waals surface area contributed by atoms with Gasteiger partial charge in [-0.05, 0) is 51.1 Å². The second-order valence-electron chi connectivity index (χ2n) is 6.25. The Balaban J connectivity index is 2.16. The molecule has 0 atom stereocenters. The molecule has 126 valence electrons. The summed E-state index contributed by atoms with van der Waals surface area (Å²) in [5.41, 5.74) is 3.07. The van der Waals surface area contributed by atoms with Gasteiger partial charge in [0.15, 0.2) is 0 Å². The first kappa shape index (κ1) is 17.8. The number of anilines is 1. The SMILES string of the molecule is CC(C)(C)N(NC(=O)c1ccccc1)C(=O)Nc1cccc(Cl)c1. The molecule has 0 aliphatic heterocycles. The van der Waals surface area contributed by atoms with E-state index in [0.717, 1.165) is 0 Å². The summed E-state index contributed by atoms with van der Waals surface area (Å²) in [7, 11) is 0. The molecule has 6 heteroatoms. The number of nitrogens with zero attached hydrogens (tertiary/aromatic N) is 1. The number of hydrazine groups is 1. The minimum absolute atomic E-state index is 0.355. The van der Waals surface area contributed by atoms with Crippen LogP contribution in [-0.4, -0.2) is 22.5 Å². The first-order valence-corrected chi connectivity index (χ1v) is 7.88. The lowest BCUT2D eigenvalue weighted by Gasteiger charge is -2.35. The third kappa shape index (κ3) is 4.73. The Morgan fingerprint density at radius 2 is 1.67 bits per heavy atom. The molecular weight excluding hydrogens is 326 g/mol. The number of benzene rings is 2. The summed E-state index contributed by atoms with van der Waals surface area (Å²) in [5.74, 6) is -0.355. The smallest absolute Gasteiger partial charge is 0.306 e. The summed E-state index contributed by atoms with van der Waals surface area (Å²) < 4.78 is 0. The first-order chi connectivity index (χ1) is 11.3. The molecule has 0 saturated heterocycles. The van der Waals surface area contributed by atoms with Gasteiger partial charge >= 0.3 is 6.03 Å². The van der Waals surface area contributed by atoms with E-state index in [1.807, 2.05) is 26.8 Å². The van der Waals surface area contributed by atoms with Crippen LogP contribution in [0.2, 0.25) is 5.02 Å². The van der Waals surface area contributed by atoms with Gasteiger partial charge in [0.25, 0.3) is 5.91 Å². The molecular formula is C18H20ClN3O2. The van der Waals surface area contributed by atoms with Crippen molar-refractivity contribution < 1.29 is 9.59 Å². The van der Waals surface area contributed by atoms with Gasteiger partial charge in [-0.1, -0.05) is 35.9 Å². The molecule has 2 rings (SSSR count). The van der Waals surface area contributed by atoms with Crippen LogP contribution in [-0.2, 0) is 0 Å². The highest BCUT2D eigenvalue weighted by atomic mass is 35.5. The van der Waals surface area contributed by atoms with Crippen molar-refractivity contribution in [2.75, 3.05) is 5.32 Å². The van der Waals surface area contributed by atoms with E-state index in [-0.39, 0.29) is 5.91 Å².